The molecule has 0 spiro atoms. The van der Waals surface area contributed by atoms with Gasteiger partial charge in [0.05, 0.1) is 31.2 Å². The van der Waals surface area contributed by atoms with Gasteiger partial charge in [-0.15, -0.1) is 0 Å². The van der Waals surface area contributed by atoms with Crippen LogP contribution in [0.4, 0.5) is 0 Å². The molecule has 22 heavy (non-hydrogen) atoms. The Kier molecular flexibility index (Phi) is 4.41. The van der Waals surface area contributed by atoms with Crippen LogP contribution in [-0.2, 0) is 22.7 Å². The highest BCUT2D eigenvalue weighted by atomic mass is 16.5. The van der Waals surface area contributed by atoms with E-state index in [0.717, 1.165) is 16.9 Å². The fourth-order valence-corrected chi connectivity index (χ4v) is 2.10. The average Bonchev–Trinajstić information content (AvgIpc) is 2.97. The van der Waals surface area contributed by atoms with E-state index in [0.29, 0.717) is 13.2 Å². The van der Waals surface area contributed by atoms with Crippen LogP contribution in [0.3, 0.4) is 0 Å². The fraction of sp³-hybridized carbons (Fsp3) is 0.188. The third-order valence-corrected chi connectivity index (χ3v) is 3.21. The molecule has 0 fully saturated rings. The summed E-state index contributed by atoms with van der Waals surface area (Å²) in [5.74, 6) is -0.153. The lowest BCUT2D eigenvalue weighted by molar-refractivity contribution is -0.126. The van der Waals surface area contributed by atoms with Crippen molar-refractivity contribution in [3.8, 4) is 0 Å². The van der Waals surface area contributed by atoms with Crippen molar-refractivity contribution >= 4 is 11.6 Å². The third kappa shape index (κ3) is 3.48. The molecule has 0 aliphatic rings. The summed E-state index contributed by atoms with van der Waals surface area (Å²) in [7, 11) is 0. The topological polar surface area (TPSA) is 68.5 Å². The number of rotatable bonds is 6. The van der Waals surface area contributed by atoms with Crippen molar-refractivity contribution in [2.24, 2.45) is 0 Å². The minimum Gasteiger partial charge on any atom is -0.367 e. The number of nitrogens with zero attached hydrogens (tertiary/aromatic N) is 3. The molecule has 1 aromatic carbocycles. The van der Waals surface area contributed by atoms with E-state index >= 15 is 0 Å². The molecular weight excluding hydrogens is 280 g/mol. The van der Waals surface area contributed by atoms with Gasteiger partial charge in [0.1, 0.15) is 6.61 Å². The van der Waals surface area contributed by atoms with Crippen LogP contribution in [0, 0.1) is 0 Å². The number of benzene rings is 1. The lowest BCUT2D eigenvalue weighted by atomic mass is 10.2. The predicted molar refractivity (Wildman–Crippen MR) is 80.9 cm³/mol. The number of ether oxygens (including phenoxy) is 1. The fourth-order valence-electron chi connectivity index (χ4n) is 2.10. The van der Waals surface area contributed by atoms with Crippen molar-refractivity contribution in [2.45, 2.75) is 13.2 Å². The number of fused-ring (bicyclic) bond motifs is 1. The highest BCUT2D eigenvalue weighted by Gasteiger charge is 2.05. The van der Waals surface area contributed by atoms with Gasteiger partial charge in [-0.1, -0.05) is 30.3 Å². The second kappa shape index (κ2) is 6.82. The molecule has 0 bridgehead atoms. The van der Waals surface area contributed by atoms with Gasteiger partial charge in [0, 0.05) is 12.4 Å². The number of aromatic nitrogens is 3. The maximum Gasteiger partial charge on any atom is 0.246 e. The van der Waals surface area contributed by atoms with Crippen molar-refractivity contribution in [1.29, 1.82) is 0 Å². The summed E-state index contributed by atoms with van der Waals surface area (Å²) >= 11 is 0. The molecule has 1 amide bonds. The van der Waals surface area contributed by atoms with Crippen LogP contribution < -0.4 is 5.32 Å². The molecule has 3 aromatic rings. The Morgan fingerprint density at radius 1 is 1.23 bits per heavy atom. The second-order valence-corrected chi connectivity index (χ2v) is 4.81. The molecule has 0 atom stereocenters. The first-order chi connectivity index (χ1) is 10.8. The summed E-state index contributed by atoms with van der Waals surface area (Å²) in [6.45, 7) is 0.863. The van der Waals surface area contributed by atoms with E-state index in [1.54, 1.807) is 18.6 Å². The second-order valence-electron chi connectivity index (χ2n) is 4.81. The van der Waals surface area contributed by atoms with Gasteiger partial charge in [0.15, 0.2) is 5.65 Å². The Bertz CT molecular complexity index is 755. The molecule has 0 unspecified atom stereocenters. The van der Waals surface area contributed by atoms with Crippen molar-refractivity contribution in [3.05, 3.63) is 66.4 Å². The monoisotopic (exact) mass is 296 g/mol. The minimum atomic E-state index is -0.153. The van der Waals surface area contributed by atoms with Crippen LogP contribution in [-0.4, -0.2) is 26.9 Å². The van der Waals surface area contributed by atoms with Crippen molar-refractivity contribution in [2.75, 3.05) is 6.61 Å². The Morgan fingerprint density at radius 2 is 2.09 bits per heavy atom. The van der Waals surface area contributed by atoms with E-state index in [1.807, 2.05) is 40.9 Å². The first kappa shape index (κ1) is 14.2. The molecule has 2 aromatic heterocycles. The zero-order valence-electron chi connectivity index (χ0n) is 12.0. The molecule has 6 nitrogen and oxygen atoms in total. The zero-order valence-corrected chi connectivity index (χ0v) is 12.0. The molecule has 2 heterocycles. The summed E-state index contributed by atoms with van der Waals surface area (Å²) < 4.78 is 7.28. The summed E-state index contributed by atoms with van der Waals surface area (Å²) in [5, 5.41) is 2.82. The quantitative estimate of drug-likeness (QED) is 0.749. The van der Waals surface area contributed by atoms with Gasteiger partial charge in [-0.2, -0.15) is 0 Å². The van der Waals surface area contributed by atoms with Gasteiger partial charge < -0.3 is 10.1 Å². The first-order valence-corrected chi connectivity index (χ1v) is 6.97. The van der Waals surface area contributed by atoms with E-state index in [9.17, 15) is 4.79 Å². The molecule has 0 radical (unpaired) electrons. The number of imidazole rings is 1. The number of hydrogen-bond acceptors (Lipinski definition) is 4. The maximum atomic E-state index is 11.8. The number of nitrogens with one attached hydrogen (secondary N) is 1. The van der Waals surface area contributed by atoms with E-state index in [1.165, 1.54) is 0 Å². The van der Waals surface area contributed by atoms with Crippen molar-refractivity contribution in [3.63, 3.8) is 0 Å². The van der Waals surface area contributed by atoms with E-state index in [2.05, 4.69) is 15.3 Å². The van der Waals surface area contributed by atoms with Gasteiger partial charge >= 0.3 is 0 Å². The smallest absolute Gasteiger partial charge is 0.246 e. The largest absolute Gasteiger partial charge is 0.367 e. The SMILES string of the molecule is O=C(COCc1ccccc1)NCc1cnc2cnccn12. The molecule has 3 rings (SSSR count). The van der Waals surface area contributed by atoms with Gasteiger partial charge in [-0.25, -0.2) is 4.98 Å². The number of carbonyl (C=O) groups is 1. The third-order valence-electron chi connectivity index (χ3n) is 3.21. The standard InChI is InChI=1S/C16H16N4O2/c21-16(12-22-11-13-4-2-1-3-5-13)19-9-14-8-18-15-10-17-6-7-20(14)15/h1-8,10H,9,11-12H2,(H,19,21). The predicted octanol–water partition coefficient (Wildman–Crippen LogP) is 1.56. The Balaban J connectivity index is 1.46. The van der Waals surface area contributed by atoms with Gasteiger partial charge in [0.2, 0.25) is 5.91 Å². The molecule has 0 saturated heterocycles. The van der Waals surface area contributed by atoms with Gasteiger partial charge in [-0.3, -0.25) is 14.2 Å². The number of carbonyl (C=O) groups excluding carboxylic acids is 1. The van der Waals surface area contributed by atoms with E-state index < -0.39 is 0 Å². The van der Waals surface area contributed by atoms with Gasteiger partial charge in [0.25, 0.3) is 0 Å². The minimum absolute atomic E-state index is 0.0349. The number of hydrogen-bond donors (Lipinski definition) is 1. The average molecular weight is 296 g/mol. The number of amides is 1. The summed E-state index contributed by atoms with van der Waals surface area (Å²) in [6, 6.07) is 9.76. The first-order valence-electron chi connectivity index (χ1n) is 6.97. The molecule has 6 heteroatoms. The van der Waals surface area contributed by atoms with Crippen LogP contribution >= 0.6 is 0 Å². The normalized spacial score (nSPS) is 10.7. The summed E-state index contributed by atoms with van der Waals surface area (Å²) in [4.78, 5) is 20.0. The van der Waals surface area contributed by atoms with Crippen LogP contribution in [0.5, 0.6) is 0 Å². The van der Waals surface area contributed by atoms with Crippen molar-refractivity contribution in [1.82, 2.24) is 19.7 Å². The zero-order chi connectivity index (χ0) is 15.2. The molecule has 0 saturated carbocycles. The Labute approximate surface area is 127 Å². The van der Waals surface area contributed by atoms with Crippen LogP contribution in [0.15, 0.2) is 55.1 Å². The molecular formula is C16H16N4O2. The van der Waals surface area contributed by atoms with E-state index in [-0.39, 0.29) is 12.5 Å². The summed E-state index contributed by atoms with van der Waals surface area (Å²) in [6.07, 6.45) is 6.90. The maximum absolute atomic E-state index is 11.8. The van der Waals surface area contributed by atoms with Crippen LogP contribution in [0.1, 0.15) is 11.3 Å². The van der Waals surface area contributed by atoms with Crippen LogP contribution in [0.2, 0.25) is 0 Å². The molecule has 0 aliphatic carbocycles. The summed E-state index contributed by atoms with van der Waals surface area (Å²) in [5.41, 5.74) is 2.70. The van der Waals surface area contributed by atoms with E-state index in [4.69, 9.17) is 4.74 Å². The molecule has 1 N–H and O–H groups in total. The van der Waals surface area contributed by atoms with Crippen LogP contribution in [0.25, 0.3) is 5.65 Å². The molecule has 0 aliphatic heterocycles. The lowest BCUT2D eigenvalue weighted by Crippen LogP contribution is -2.27. The molecule has 112 valence electrons. The highest BCUT2D eigenvalue weighted by Crippen LogP contribution is 2.04. The Hall–Kier alpha value is -2.73. The Morgan fingerprint density at radius 3 is 2.95 bits per heavy atom. The van der Waals surface area contributed by atoms with Gasteiger partial charge in [-0.05, 0) is 5.56 Å². The lowest BCUT2D eigenvalue weighted by Gasteiger charge is -2.06. The van der Waals surface area contributed by atoms with Crippen molar-refractivity contribution < 1.29 is 9.53 Å². The highest BCUT2D eigenvalue weighted by molar-refractivity contribution is 5.77.